The molecule has 0 radical (unpaired) electrons. The highest BCUT2D eigenvalue weighted by atomic mass is 16.5. The number of rotatable bonds is 2. The first-order chi connectivity index (χ1) is 9.74. The molecule has 3 nitrogen and oxygen atoms in total. The highest BCUT2D eigenvalue weighted by Crippen LogP contribution is 2.32. The van der Waals surface area contributed by atoms with Crippen LogP contribution in [0.15, 0.2) is 18.2 Å². The summed E-state index contributed by atoms with van der Waals surface area (Å²) < 4.78 is 5.08. The van der Waals surface area contributed by atoms with Crippen molar-refractivity contribution in [2.75, 3.05) is 6.61 Å². The van der Waals surface area contributed by atoms with Crippen molar-refractivity contribution < 1.29 is 9.53 Å². The molecule has 0 amide bonds. The normalized spacial score (nSPS) is 11.7. The van der Waals surface area contributed by atoms with Crippen molar-refractivity contribution in [1.82, 2.24) is 4.98 Å². The lowest BCUT2D eigenvalue weighted by atomic mass is 9.84. The molecule has 0 saturated carbocycles. The Balaban J connectivity index is 2.77. The van der Waals surface area contributed by atoms with Crippen LogP contribution in [0.3, 0.4) is 0 Å². The van der Waals surface area contributed by atoms with Gasteiger partial charge in [-0.3, -0.25) is 0 Å². The number of carbonyl (C=O) groups is 1. The van der Waals surface area contributed by atoms with Crippen molar-refractivity contribution >= 4 is 16.9 Å². The fourth-order valence-electron chi connectivity index (χ4n) is 2.52. The third-order valence-corrected chi connectivity index (χ3v) is 3.56. The average molecular weight is 285 g/mol. The number of fused-ring (bicyclic) bond motifs is 1. The van der Waals surface area contributed by atoms with Gasteiger partial charge in [-0.15, -0.1) is 0 Å². The number of hydrogen-bond donors (Lipinski definition) is 0. The summed E-state index contributed by atoms with van der Waals surface area (Å²) in [4.78, 5) is 16.6. The molecule has 3 heteroatoms. The lowest BCUT2D eigenvalue weighted by molar-refractivity contribution is 0.0520. The Hall–Kier alpha value is -1.90. The van der Waals surface area contributed by atoms with Gasteiger partial charge in [-0.2, -0.15) is 0 Å². The zero-order chi connectivity index (χ0) is 15.8. The molecule has 0 fully saturated rings. The Kier molecular flexibility index (Phi) is 4.04. The van der Waals surface area contributed by atoms with Crippen LogP contribution < -0.4 is 0 Å². The number of nitrogens with zero attached hydrogens (tertiary/aromatic N) is 1. The monoisotopic (exact) mass is 285 g/mol. The number of hydrogen-bond acceptors (Lipinski definition) is 3. The number of aromatic nitrogens is 1. The fourth-order valence-corrected chi connectivity index (χ4v) is 2.52. The summed E-state index contributed by atoms with van der Waals surface area (Å²) in [5.74, 6) is -0.358. The Bertz CT molecular complexity index is 696. The van der Waals surface area contributed by atoms with Gasteiger partial charge in [0, 0.05) is 5.39 Å². The van der Waals surface area contributed by atoms with Crippen LogP contribution in [0.1, 0.15) is 54.9 Å². The maximum atomic E-state index is 12.0. The van der Waals surface area contributed by atoms with E-state index in [0.29, 0.717) is 12.3 Å². The van der Waals surface area contributed by atoms with Crippen LogP contribution in [0.5, 0.6) is 0 Å². The van der Waals surface area contributed by atoms with Crippen LogP contribution in [0.4, 0.5) is 0 Å². The standard InChI is InChI=1S/C18H23NO2/c1-7-21-17(20)15-10-12(3)13-8-11(2)9-14(16(13)19-15)18(4,5)6/h8-10H,7H2,1-6H3. The predicted molar refractivity (Wildman–Crippen MR) is 85.9 cm³/mol. The Morgan fingerprint density at radius 1 is 1.19 bits per heavy atom. The molecular formula is C18H23NO2. The van der Waals surface area contributed by atoms with Crippen LogP contribution in [0, 0.1) is 13.8 Å². The van der Waals surface area contributed by atoms with Gasteiger partial charge in [0.05, 0.1) is 12.1 Å². The molecule has 0 spiro atoms. The summed E-state index contributed by atoms with van der Waals surface area (Å²) >= 11 is 0. The second kappa shape index (κ2) is 5.47. The molecule has 0 saturated heterocycles. The molecule has 0 aliphatic rings. The van der Waals surface area contributed by atoms with Crippen LogP contribution >= 0.6 is 0 Å². The molecule has 0 aliphatic heterocycles. The maximum absolute atomic E-state index is 12.0. The summed E-state index contributed by atoms with van der Waals surface area (Å²) in [7, 11) is 0. The Labute approximate surface area is 126 Å². The minimum Gasteiger partial charge on any atom is -0.461 e. The number of aryl methyl sites for hydroxylation is 2. The molecule has 0 unspecified atom stereocenters. The number of carbonyl (C=O) groups excluding carboxylic acids is 1. The van der Waals surface area contributed by atoms with E-state index in [-0.39, 0.29) is 11.4 Å². The van der Waals surface area contributed by atoms with E-state index in [1.165, 1.54) is 5.56 Å². The van der Waals surface area contributed by atoms with Gasteiger partial charge in [0.2, 0.25) is 0 Å². The molecule has 0 aliphatic carbocycles. The van der Waals surface area contributed by atoms with E-state index in [0.717, 1.165) is 22.0 Å². The third kappa shape index (κ3) is 3.07. The van der Waals surface area contributed by atoms with E-state index in [4.69, 9.17) is 4.74 Å². The lowest BCUT2D eigenvalue weighted by Crippen LogP contribution is -2.14. The Morgan fingerprint density at radius 3 is 2.43 bits per heavy atom. The predicted octanol–water partition coefficient (Wildman–Crippen LogP) is 4.33. The first-order valence-corrected chi connectivity index (χ1v) is 7.33. The van der Waals surface area contributed by atoms with Crippen molar-refractivity contribution in [3.05, 3.63) is 40.6 Å². The van der Waals surface area contributed by atoms with E-state index in [1.807, 2.05) is 13.0 Å². The Morgan fingerprint density at radius 2 is 1.86 bits per heavy atom. The second-order valence-electron chi connectivity index (χ2n) is 6.50. The molecular weight excluding hydrogens is 262 g/mol. The number of esters is 1. The zero-order valence-electron chi connectivity index (χ0n) is 13.7. The summed E-state index contributed by atoms with van der Waals surface area (Å²) in [5, 5.41) is 1.10. The van der Waals surface area contributed by atoms with Crippen molar-refractivity contribution in [3.63, 3.8) is 0 Å². The molecule has 1 aromatic carbocycles. The molecule has 112 valence electrons. The van der Waals surface area contributed by atoms with Crippen LogP contribution in [0.25, 0.3) is 10.9 Å². The smallest absolute Gasteiger partial charge is 0.356 e. The summed E-state index contributed by atoms with van der Waals surface area (Å²) in [6.45, 7) is 12.7. The first-order valence-electron chi connectivity index (χ1n) is 7.33. The van der Waals surface area contributed by atoms with Crippen LogP contribution in [0.2, 0.25) is 0 Å². The van der Waals surface area contributed by atoms with Gasteiger partial charge in [0.15, 0.2) is 0 Å². The minimum absolute atomic E-state index is 0.0308. The fraction of sp³-hybridized carbons (Fsp3) is 0.444. The lowest BCUT2D eigenvalue weighted by Gasteiger charge is -2.22. The number of pyridine rings is 1. The van der Waals surface area contributed by atoms with Gasteiger partial charge in [-0.25, -0.2) is 9.78 Å². The van der Waals surface area contributed by atoms with Gasteiger partial charge in [0.1, 0.15) is 5.69 Å². The molecule has 0 N–H and O–H groups in total. The van der Waals surface area contributed by atoms with E-state index < -0.39 is 0 Å². The average Bonchev–Trinajstić information content (AvgIpc) is 2.37. The van der Waals surface area contributed by atoms with Gasteiger partial charge < -0.3 is 4.74 Å². The van der Waals surface area contributed by atoms with Crippen molar-refractivity contribution in [2.45, 2.75) is 47.0 Å². The first kappa shape index (κ1) is 15.5. The number of ether oxygens (including phenoxy) is 1. The van der Waals surface area contributed by atoms with Gasteiger partial charge in [-0.05, 0) is 49.4 Å². The largest absolute Gasteiger partial charge is 0.461 e. The summed E-state index contributed by atoms with van der Waals surface area (Å²) in [5.41, 5.74) is 4.68. The topological polar surface area (TPSA) is 39.2 Å². The van der Waals surface area contributed by atoms with Crippen molar-refractivity contribution in [1.29, 1.82) is 0 Å². The van der Waals surface area contributed by atoms with Crippen LogP contribution in [-0.4, -0.2) is 17.6 Å². The molecule has 1 aromatic heterocycles. The van der Waals surface area contributed by atoms with E-state index in [2.05, 4.69) is 44.8 Å². The van der Waals surface area contributed by atoms with E-state index in [1.54, 1.807) is 6.92 Å². The molecule has 2 rings (SSSR count). The molecule has 1 heterocycles. The number of benzene rings is 1. The molecule has 21 heavy (non-hydrogen) atoms. The molecule has 0 atom stereocenters. The summed E-state index contributed by atoms with van der Waals surface area (Å²) in [6.07, 6.45) is 0. The molecule has 0 bridgehead atoms. The SMILES string of the molecule is CCOC(=O)c1cc(C)c2cc(C)cc(C(C)(C)C)c2n1. The summed E-state index contributed by atoms with van der Waals surface area (Å²) in [6, 6.07) is 6.09. The van der Waals surface area contributed by atoms with Gasteiger partial charge >= 0.3 is 5.97 Å². The highest BCUT2D eigenvalue weighted by molar-refractivity contribution is 5.94. The van der Waals surface area contributed by atoms with Crippen molar-refractivity contribution in [3.8, 4) is 0 Å². The maximum Gasteiger partial charge on any atom is 0.356 e. The van der Waals surface area contributed by atoms with Crippen molar-refractivity contribution in [2.24, 2.45) is 0 Å². The quantitative estimate of drug-likeness (QED) is 0.771. The third-order valence-electron chi connectivity index (χ3n) is 3.56. The van der Waals surface area contributed by atoms with E-state index >= 15 is 0 Å². The minimum atomic E-state index is -0.358. The molecule has 2 aromatic rings. The van der Waals surface area contributed by atoms with E-state index in [9.17, 15) is 4.79 Å². The van der Waals surface area contributed by atoms with Crippen LogP contribution in [-0.2, 0) is 10.2 Å². The zero-order valence-corrected chi connectivity index (χ0v) is 13.7. The van der Waals surface area contributed by atoms with Gasteiger partial charge in [-0.1, -0.05) is 32.4 Å². The highest BCUT2D eigenvalue weighted by Gasteiger charge is 2.21. The second-order valence-corrected chi connectivity index (χ2v) is 6.50. The van der Waals surface area contributed by atoms with Gasteiger partial charge in [0.25, 0.3) is 0 Å².